The summed E-state index contributed by atoms with van der Waals surface area (Å²) in [5.41, 5.74) is 0.0354. The van der Waals surface area contributed by atoms with E-state index < -0.39 is 11.1 Å². The fourth-order valence-electron chi connectivity index (χ4n) is 3.35. The van der Waals surface area contributed by atoms with Crippen LogP contribution < -0.4 is 0 Å². The molecule has 2 aliphatic rings. The van der Waals surface area contributed by atoms with Crippen molar-refractivity contribution in [3.05, 3.63) is 22.7 Å². The van der Waals surface area contributed by atoms with Crippen molar-refractivity contribution in [1.82, 2.24) is 9.80 Å². The van der Waals surface area contributed by atoms with Gasteiger partial charge in [-0.3, -0.25) is 19.6 Å². The van der Waals surface area contributed by atoms with E-state index in [1.54, 1.807) is 55.6 Å². The number of amides is 2. The molecule has 2 rings (SSSR count). The van der Waals surface area contributed by atoms with E-state index >= 15 is 0 Å². The normalized spacial score (nSPS) is 22.5. The van der Waals surface area contributed by atoms with Gasteiger partial charge in [-0.05, 0) is 48.0 Å². The van der Waals surface area contributed by atoms with Gasteiger partial charge in [-0.2, -0.15) is 0 Å². The van der Waals surface area contributed by atoms with E-state index in [-0.39, 0.29) is 34.5 Å². The zero-order valence-corrected chi connectivity index (χ0v) is 18.6. The van der Waals surface area contributed by atoms with Gasteiger partial charge >= 0.3 is 0 Å². The molecule has 8 heteroatoms. The van der Waals surface area contributed by atoms with Crippen LogP contribution in [0.3, 0.4) is 0 Å². The minimum absolute atomic E-state index is 0.0361. The number of aliphatic imine (C=N–C) groups is 2. The summed E-state index contributed by atoms with van der Waals surface area (Å²) >= 11 is 0. The van der Waals surface area contributed by atoms with Gasteiger partial charge < -0.3 is 20.0 Å². The molecule has 0 atom stereocenters. The van der Waals surface area contributed by atoms with Gasteiger partial charge in [0.25, 0.3) is 11.8 Å². The molecule has 0 aromatic rings. The number of carbonyl (C=O) groups is 2. The highest BCUT2D eigenvalue weighted by Gasteiger charge is 2.45. The van der Waals surface area contributed by atoms with E-state index in [2.05, 4.69) is 9.98 Å². The zero-order chi connectivity index (χ0) is 22.3. The Morgan fingerprint density at radius 1 is 0.793 bits per heavy atom. The fourth-order valence-corrected chi connectivity index (χ4v) is 3.35. The van der Waals surface area contributed by atoms with Crippen LogP contribution in [0.25, 0.3) is 0 Å². The molecule has 8 nitrogen and oxygen atoms in total. The molecule has 0 fully saturated rings. The van der Waals surface area contributed by atoms with Gasteiger partial charge in [0.05, 0.1) is 11.1 Å². The highest BCUT2D eigenvalue weighted by atomic mass is 16.3. The van der Waals surface area contributed by atoms with Gasteiger partial charge in [-0.15, -0.1) is 0 Å². The lowest BCUT2D eigenvalue weighted by molar-refractivity contribution is -0.127. The topological polar surface area (TPSA) is 106 Å². The van der Waals surface area contributed by atoms with E-state index in [1.165, 1.54) is 9.80 Å². The second-order valence-electron chi connectivity index (χ2n) is 8.58. The van der Waals surface area contributed by atoms with Crippen molar-refractivity contribution in [2.45, 2.75) is 59.0 Å². The summed E-state index contributed by atoms with van der Waals surface area (Å²) in [5.74, 6) is -0.406. The van der Waals surface area contributed by atoms with Crippen molar-refractivity contribution in [3.8, 4) is 0 Å². The number of aliphatic hydroxyl groups excluding tert-OH is 2. The monoisotopic (exact) mass is 404 g/mol. The molecule has 0 saturated carbocycles. The Labute approximate surface area is 172 Å². The van der Waals surface area contributed by atoms with Gasteiger partial charge in [0, 0.05) is 38.6 Å². The molecule has 0 aromatic heterocycles. The van der Waals surface area contributed by atoms with E-state index in [0.29, 0.717) is 30.9 Å². The van der Waals surface area contributed by atoms with Crippen molar-refractivity contribution >= 4 is 23.2 Å². The van der Waals surface area contributed by atoms with Crippen LogP contribution >= 0.6 is 0 Å². The number of aliphatic hydroxyl groups is 2. The predicted octanol–water partition coefficient (Wildman–Crippen LogP) is 2.42. The van der Waals surface area contributed by atoms with Crippen LogP contribution in [0.4, 0.5) is 0 Å². The zero-order valence-electron chi connectivity index (χ0n) is 18.6. The number of nitrogens with zero attached hydrogens (tertiary/aromatic N) is 4. The summed E-state index contributed by atoms with van der Waals surface area (Å²) in [5, 5.41) is 20.8. The standard InChI is InChI=1S/C21H32N4O4/c1-12(14-16(26)20(3,4)24(7)18(14)28)22-10-9-11-23-13(2)15-17(27)21(5,6)25(8)19(15)29/h26-27H,9-11H2,1-8H3. The summed E-state index contributed by atoms with van der Waals surface area (Å²) in [6.07, 6.45) is 0.609. The molecule has 2 N–H and O–H groups in total. The average molecular weight is 405 g/mol. The Balaban J connectivity index is 2.03. The third kappa shape index (κ3) is 3.68. The molecule has 0 unspecified atom stereocenters. The minimum Gasteiger partial charge on any atom is -0.509 e. The summed E-state index contributed by atoms with van der Waals surface area (Å²) in [7, 11) is 3.31. The highest BCUT2D eigenvalue weighted by molar-refractivity contribution is 6.23. The van der Waals surface area contributed by atoms with E-state index in [1.807, 2.05) is 0 Å². The smallest absolute Gasteiger partial charge is 0.259 e. The van der Waals surface area contributed by atoms with Crippen molar-refractivity contribution in [3.63, 3.8) is 0 Å². The Morgan fingerprint density at radius 2 is 1.10 bits per heavy atom. The van der Waals surface area contributed by atoms with Crippen LogP contribution in [0.15, 0.2) is 32.6 Å². The molecule has 0 saturated heterocycles. The van der Waals surface area contributed by atoms with E-state index in [0.717, 1.165) is 0 Å². The first-order valence-electron chi connectivity index (χ1n) is 9.72. The molecule has 0 bridgehead atoms. The maximum absolute atomic E-state index is 12.4. The number of likely N-dealkylation sites (N-methyl/N-ethyl adjacent to an activating group) is 2. The quantitative estimate of drug-likeness (QED) is 0.524. The third-order valence-corrected chi connectivity index (χ3v) is 6.08. The van der Waals surface area contributed by atoms with E-state index in [9.17, 15) is 19.8 Å². The molecule has 0 aliphatic carbocycles. The Morgan fingerprint density at radius 3 is 1.34 bits per heavy atom. The lowest BCUT2D eigenvalue weighted by Crippen LogP contribution is -2.40. The van der Waals surface area contributed by atoms with Crippen molar-refractivity contribution in [1.29, 1.82) is 0 Å². The molecule has 2 heterocycles. The first-order valence-corrected chi connectivity index (χ1v) is 9.72. The number of hydrogen-bond donors (Lipinski definition) is 2. The molecule has 2 amide bonds. The second-order valence-corrected chi connectivity index (χ2v) is 8.58. The van der Waals surface area contributed by atoms with Gasteiger partial charge in [0.2, 0.25) is 0 Å². The molecular weight excluding hydrogens is 372 g/mol. The Bertz CT molecular complexity index is 792. The molecule has 29 heavy (non-hydrogen) atoms. The molecule has 0 spiro atoms. The molecular formula is C21H32N4O4. The van der Waals surface area contributed by atoms with Crippen LogP contribution in [0.2, 0.25) is 0 Å². The molecule has 0 radical (unpaired) electrons. The SMILES string of the molecule is CC(=NCCCN=C(C)C1=C(O)C(C)(C)N(C)C1=O)C1=C(O)C(C)(C)N(C)C1=O. The average Bonchev–Trinajstić information content (AvgIpc) is 2.89. The van der Waals surface area contributed by atoms with Crippen LogP contribution in [-0.4, -0.2) is 81.5 Å². The Hall–Kier alpha value is -2.64. The second kappa shape index (κ2) is 7.65. The minimum atomic E-state index is -0.741. The molecule has 160 valence electrons. The van der Waals surface area contributed by atoms with Gasteiger partial charge in [0.1, 0.15) is 22.7 Å². The predicted molar refractivity (Wildman–Crippen MR) is 114 cm³/mol. The molecule has 2 aliphatic heterocycles. The van der Waals surface area contributed by atoms with Crippen LogP contribution in [0.1, 0.15) is 48.0 Å². The largest absolute Gasteiger partial charge is 0.509 e. The lowest BCUT2D eigenvalue weighted by Gasteiger charge is -2.27. The van der Waals surface area contributed by atoms with Crippen molar-refractivity contribution in [2.24, 2.45) is 9.98 Å². The van der Waals surface area contributed by atoms with Crippen LogP contribution in [0, 0.1) is 0 Å². The fraction of sp³-hybridized carbons (Fsp3) is 0.619. The summed E-state index contributed by atoms with van der Waals surface area (Å²) in [6.45, 7) is 11.4. The third-order valence-electron chi connectivity index (χ3n) is 6.08. The van der Waals surface area contributed by atoms with Gasteiger partial charge in [0.15, 0.2) is 0 Å². The van der Waals surface area contributed by atoms with Crippen molar-refractivity contribution < 1.29 is 19.8 Å². The number of rotatable bonds is 6. The summed E-state index contributed by atoms with van der Waals surface area (Å²) in [4.78, 5) is 36.6. The summed E-state index contributed by atoms with van der Waals surface area (Å²) in [6, 6.07) is 0. The first-order chi connectivity index (χ1) is 13.3. The van der Waals surface area contributed by atoms with Crippen molar-refractivity contribution in [2.75, 3.05) is 27.2 Å². The lowest BCUT2D eigenvalue weighted by atomic mass is 10.0. The first kappa shape index (κ1) is 22.6. The van der Waals surface area contributed by atoms with Crippen LogP contribution in [0.5, 0.6) is 0 Å². The van der Waals surface area contributed by atoms with Gasteiger partial charge in [-0.1, -0.05) is 0 Å². The van der Waals surface area contributed by atoms with Gasteiger partial charge in [-0.25, -0.2) is 0 Å². The van der Waals surface area contributed by atoms with Crippen LogP contribution in [-0.2, 0) is 9.59 Å². The Kier molecular flexibility index (Phi) is 5.97. The maximum Gasteiger partial charge on any atom is 0.259 e. The highest BCUT2D eigenvalue weighted by Crippen LogP contribution is 2.33. The molecule has 0 aromatic carbocycles. The number of hydrogen-bond acceptors (Lipinski definition) is 6. The van der Waals surface area contributed by atoms with E-state index in [4.69, 9.17) is 0 Å². The summed E-state index contributed by atoms with van der Waals surface area (Å²) < 4.78 is 0. The number of carbonyl (C=O) groups excluding carboxylic acids is 2. The maximum atomic E-state index is 12.4.